The van der Waals surface area contributed by atoms with Crippen LogP contribution in [0.25, 0.3) is 0 Å². The summed E-state index contributed by atoms with van der Waals surface area (Å²) in [4.78, 5) is 36.9. The van der Waals surface area contributed by atoms with Gasteiger partial charge in [-0.05, 0) is 16.4 Å². The normalized spacial score (nSPS) is 21.4. The lowest BCUT2D eigenvalue weighted by molar-refractivity contribution is -0.384. The summed E-state index contributed by atoms with van der Waals surface area (Å²) >= 11 is 0. The minimum absolute atomic E-state index is 0.0458. The van der Waals surface area contributed by atoms with E-state index in [0.717, 1.165) is 0 Å². The van der Waals surface area contributed by atoms with Gasteiger partial charge in [0.1, 0.15) is 11.5 Å². The third kappa shape index (κ3) is 4.15. The fourth-order valence-electron chi connectivity index (χ4n) is 4.55. The Labute approximate surface area is 175 Å². The number of hydrogen-bond acceptors (Lipinski definition) is 6. The van der Waals surface area contributed by atoms with E-state index in [1.165, 1.54) is 18.2 Å². The first-order chi connectivity index (χ1) is 13.8. The molecular weight excluding hydrogens is 386 g/mol. The molecule has 30 heavy (non-hydrogen) atoms. The van der Waals surface area contributed by atoms with Crippen molar-refractivity contribution >= 4 is 17.3 Å². The number of ketones is 2. The van der Waals surface area contributed by atoms with E-state index >= 15 is 0 Å². The van der Waals surface area contributed by atoms with Gasteiger partial charge in [0.05, 0.1) is 4.92 Å². The van der Waals surface area contributed by atoms with Crippen molar-refractivity contribution in [3.8, 4) is 0 Å². The number of hydrogen-bond donors (Lipinski definition) is 2. The first-order valence-corrected chi connectivity index (χ1v) is 9.96. The van der Waals surface area contributed by atoms with Crippen LogP contribution in [0.3, 0.4) is 0 Å². The molecule has 0 amide bonds. The van der Waals surface area contributed by atoms with Crippen molar-refractivity contribution in [2.45, 2.75) is 59.3 Å². The molecule has 160 valence electrons. The number of non-ortho nitro benzene ring substituents is 1. The highest BCUT2D eigenvalue weighted by Crippen LogP contribution is 2.48. The zero-order valence-electron chi connectivity index (χ0n) is 17.7. The molecule has 0 bridgehead atoms. The molecule has 1 aromatic carbocycles. The maximum Gasteiger partial charge on any atom is 0.269 e. The zero-order chi connectivity index (χ0) is 22.4. The Hall–Kier alpha value is -2.96. The number of rotatable bonds is 4. The SMILES string of the molecule is CC1(C)CC(=O)C(C(C2=C(O)CC(C)(C)CC2=O)c2cccc([N+](=O)[O-])c2)=C(O)C1. The van der Waals surface area contributed by atoms with E-state index in [1.807, 2.05) is 27.7 Å². The molecule has 0 aliphatic heterocycles. The summed E-state index contributed by atoms with van der Waals surface area (Å²) in [5.41, 5.74) is -0.646. The maximum absolute atomic E-state index is 13.1. The minimum atomic E-state index is -1.04. The molecule has 1 aromatic rings. The molecule has 2 aliphatic rings. The fourth-order valence-corrected chi connectivity index (χ4v) is 4.55. The van der Waals surface area contributed by atoms with Crippen molar-refractivity contribution < 1.29 is 24.7 Å². The summed E-state index contributed by atoms with van der Waals surface area (Å²) in [6, 6.07) is 5.67. The standard InChI is InChI=1S/C23H27NO6/c1-22(2)9-15(25)20(16(26)10-22)19(13-6-5-7-14(8-13)24(29)30)21-17(27)11-23(3,4)12-18(21)28/h5-8,19,25,27H,9-12H2,1-4H3. The van der Waals surface area contributed by atoms with Gasteiger partial charge in [-0.1, -0.05) is 39.8 Å². The van der Waals surface area contributed by atoms with Crippen LogP contribution in [-0.4, -0.2) is 26.7 Å². The van der Waals surface area contributed by atoms with E-state index in [4.69, 9.17) is 0 Å². The van der Waals surface area contributed by atoms with Crippen molar-refractivity contribution in [1.82, 2.24) is 0 Å². The molecule has 0 spiro atoms. The molecule has 0 heterocycles. The van der Waals surface area contributed by atoms with Crippen molar-refractivity contribution in [3.05, 3.63) is 62.6 Å². The third-order valence-electron chi connectivity index (χ3n) is 5.78. The number of aliphatic hydroxyl groups is 2. The molecule has 0 radical (unpaired) electrons. The quantitative estimate of drug-likeness (QED) is 0.525. The van der Waals surface area contributed by atoms with Crippen LogP contribution in [0.4, 0.5) is 5.69 Å². The van der Waals surface area contributed by atoms with Gasteiger partial charge in [0.25, 0.3) is 5.69 Å². The number of nitro groups is 1. The predicted octanol–water partition coefficient (Wildman–Crippen LogP) is 5.08. The minimum Gasteiger partial charge on any atom is -0.512 e. The summed E-state index contributed by atoms with van der Waals surface area (Å²) in [5, 5.41) is 32.9. The largest absolute Gasteiger partial charge is 0.512 e. The van der Waals surface area contributed by atoms with Crippen LogP contribution in [0.5, 0.6) is 0 Å². The van der Waals surface area contributed by atoms with E-state index in [0.29, 0.717) is 5.56 Å². The number of carbonyl (C=O) groups excluding carboxylic acids is 2. The second-order valence-electron chi connectivity index (χ2n) is 9.89. The molecular formula is C23H27NO6. The highest BCUT2D eigenvalue weighted by Gasteiger charge is 2.43. The molecule has 7 nitrogen and oxygen atoms in total. The van der Waals surface area contributed by atoms with Crippen LogP contribution in [-0.2, 0) is 9.59 Å². The summed E-state index contributed by atoms with van der Waals surface area (Å²) in [5.74, 6) is -1.95. The van der Waals surface area contributed by atoms with E-state index in [1.54, 1.807) is 6.07 Å². The average Bonchev–Trinajstić information content (AvgIpc) is 2.57. The first kappa shape index (κ1) is 21.7. The Morgan fingerprint density at radius 1 is 0.900 bits per heavy atom. The molecule has 2 N–H and O–H groups in total. The van der Waals surface area contributed by atoms with Gasteiger partial charge in [-0.2, -0.15) is 0 Å². The molecule has 0 unspecified atom stereocenters. The number of aliphatic hydroxyl groups excluding tert-OH is 2. The van der Waals surface area contributed by atoms with E-state index in [-0.39, 0.29) is 65.6 Å². The van der Waals surface area contributed by atoms with E-state index in [9.17, 15) is 29.9 Å². The molecule has 0 atom stereocenters. The lowest BCUT2D eigenvalue weighted by Crippen LogP contribution is -2.33. The van der Waals surface area contributed by atoms with Gasteiger partial charge in [0.15, 0.2) is 11.6 Å². The number of benzene rings is 1. The molecule has 7 heteroatoms. The fraction of sp³-hybridized carbons (Fsp3) is 0.478. The molecule has 3 rings (SSSR count). The average molecular weight is 413 g/mol. The Morgan fingerprint density at radius 2 is 1.37 bits per heavy atom. The van der Waals surface area contributed by atoms with Crippen LogP contribution >= 0.6 is 0 Å². The number of carbonyl (C=O) groups is 2. The lowest BCUT2D eigenvalue weighted by Gasteiger charge is -2.36. The van der Waals surface area contributed by atoms with Crippen LogP contribution in [0, 0.1) is 20.9 Å². The van der Waals surface area contributed by atoms with Crippen molar-refractivity contribution in [2.75, 3.05) is 0 Å². The van der Waals surface area contributed by atoms with E-state index in [2.05, 4.69) is 0 Å². The Morgan fingerprint density at radius 3 is 1.77 bits per heavy atom. The van der Waals surface area contributed by atoms with Gasteiger partial charge in [-0.3, -0.25) is 19.7 Å². The second kappa shape index (κ2) is 7.38. The highest BCUT2D eigenvalue weighted by molar-refractivity contribution is 6.05. The second-order valence-corrected chi connectivity index (χ2v) is 9.89. The third-order valence-corrected chi connectivity index (χ3v) is 5.78. The predicted molar refractivity (Wildman–Crippen MR) is 111 cm³/mol. The van der Waals surface area contributed by atoms with Crippen molar-refractivity contribution in [2.24, 2.45) is 10.8 Å². The van der Waals surface area contributed by atoms with Crippen molar-refractivity contribution in [1.29, 1.82) is 0 Å². The monoisotopic (exact) mass is 413 g/mol. The number of allylic oxidation sites excluding steroid dienone is 4. The number of Topliss-reactive ketones (excluding diaryl/α,β-unsaturated/α-hetero) is 2. The van der Waals surface area contributed by atoms with Crippen molar-refractivity contribution in [3.63, 3.8) is 0 Å². The van der Waals surface area contributed by atoms with Gasteiger partial charge < -0.3 is 10.2 Å². The first-order valence-electron chi connectivity index (χ1n) is 9.96. The lowest BCUT2D eigenvalue weighted by atomic mass is 9.67. The smallest absolute Gasteiger partial charge is 0.269 e. The molecule has 2 aliphatic carbocycles. The zero-order valence-corrected chi connectivity index (χ0v) is 17.7. The maximum atomic E-state index is 13.1. The Kier molecular flexibility index (Phi) is 5.35. The molecule has 0 saturated carbocycles. The Bertz CT molecular complexity index is 947. The summed E-state index contributed by atoms with van der Waals surface area (Å²) in [6.45, 7) is 7.47. The van der Waals surface area contributed by atoms with Gasteiger partial charge in [-0.15, -0.1) is 0 Å². The molecule has 0 aromatic heterocycles. The van der Waals surface area contributed by atoms with Gasteiger partial charge >= 0.3 is 0 Å². The van der Waals surface area contributed by atoms with Gasteiger partial charge in [0.2, 0.25) is 0 Å². The van der Waals surface area contributed by atoms with Crippen LogP contribution in [0.1, 0.15) is 64.9 Å². The summed E-state index contributed by atoms with van der Waals surface area (Å²) < 4.78 is 0. The van der Waals surface area contributed by atoms with Gasteiger partial charge in [0, 0.05) is 54.9 Å². The topological polar surface area (TPSA) is 118 Å². The number of nitrogens with zero attached hydrogens (tertiary/aromatic N) is 1. The van der Waals surface area contributed by atoms with Crippen LogP contribution in [0.15, 0.2) is 46.9 Å². The molecule has 0 saturated heterocycles. The summed E-state index contributed by atoms with van der Waals surface area (Å²) in [6.07, 6.45) is 0.831. The Balaban J connectivity index is 2.26. The van der Waals surface area contributed by atoms with Crippen LogP contribution in [0.2, 0.25) is 0 Å². The van der Waals surface area contributed by atoms with E-state index < -0.39 is 21.7 Å². The number of nitro benzene ring substituents is 1. The van der Waals surface area contributed by atoms with Gasteiger partial charge in [-0.25, -0.2) is 0 Å². The highest BCUT2D eigenvalue weighted by atomic mass is 16.6. The summed E-state index contributed by atoms with van der Waals surface area (Å²) in [7, 11) is 0. The molecule has 0 fully saturated rings. The van der Waals surface area contributed by atoms with Crippen LogP contribution < -0.4 is 0 Å².